The van der Waals surface area contributed by atoms with Gasteiger partial charge in [-0.3, -0.25) is 9.69 Å². The minimum Gasteiger partial charge on any atom is -0.492 e. The number of piperazine rings is 1. The van der Waals surface area contributed by atoms with Crippen molar-refractivity contribution in [3.8, 4) is 11.8 Å². The highest BCUT2D eigenvalue weighted by Crippen LogP contribution is 2.20. The lowest BCUT2D eigenvalue weighted by Gasteiger charge is -2.34. The second-order valence-corrected chi connectivity index (χ2v) is 8.08. The molecule has 3 heterocycles. The van der Waals surface area contributed by atoms with Crippen molar-refractivity contribution >= 4 is 12.0 Å². The average molecular weight is 444 g/mol. The molecule has 0 bridgehead atoms. The van der Waals surface area contributed by atoms with Crippen LogP contribution >= 0.6 is 0 Å². The van der Waals surface area contributed by atoms with E-state index in [1.807, 2.05) is 24.0 Å². The Hall–Kier alpha value is -3.24. The number of carbonyl (C=O) groups is 2. The molecule has 172 valence electrons. The summed E-state index contributed by atoms with van der Waals surface area (Å²) in [6.07, 6.45) is -0.639. The number of aromatic nitrogens is 1. The first-order chi connectivity index (χ1) is 15.4. The molecule has 2 N–H and O–H groups in total. The van der Waals surface area contributed by atoms with Crippen LogP contribution in [0.4, 0.5) is 4.79 Å². The van der Waals surface area contributed by atoms with Crippen LogP contribution in [0.1, 0.15) is 21.5 Å². The maximum atomic E-state index is 12.9. The maximum absolute atomic E-state index is 12.9. The van der Waals surface area contributed by atoms with Crippen LogP contribution in [0.2, 0.25) is 0 Å². The van der Waals surface area contributed by atoms with Gasteiger partial charge in [0.05, 0.1) is 13.2 Å². The summed E-state index contributed by atoms with van der Waals surface area (Å²) in [7, 11) is 0. The van der Waals surface area contributed by atoms with Gasteiger partial charge in [0, 0.05) is 63.5 Å². The standard InChI is InChI=1S/C22H28N4O6/c1-16-12-17(14-18(13-16)21(29)24-8-10-31-11-9-24)15-23-4-6-25(7-5-23)22(30)32-26-19(27)2-3-20(26)28/h2-3,12-14,27-28H,4-11,15H2,1H3. The molecule has 2 amide bonds. The third-order valence-corrected chi connectivity index (χ3v) is 5.69. The molecule has 10 heteroatoms. The van der Waals surface area contributed by atoms with E-state index >= 15 is 0 Å². The van der Waals surface area contributed by atoms with Gasteiger partial charge in [0.25, 0.3) is 5.91 Å². The Morgan fingerprint density at radius 3 is 2.25 bits per heavy atom. The van der Waals surface area contributed by atoms with Crippen LogP contribution in [0.25, 0.3) is 0 Å². The molecule has 2 fully saturated rings. The Kier molecular flexibility index (Phi) is 6.52. The Bertz CT molecular complexity index is 957. The van der Waals surface area contributed by atoms with Crippen LogP contribution in [0, 0.1) is 6.92 Å². The summed E-state index contributed by atoms with van der Waals surface area (Å²) in [6.45, 7) is 7.20. The van der Waals surface area contributed by atoms with E-state index in [1.54, 1.807) is 0 Å². The number of nitrogens with zero attached hydrogens (tertiary/aromatic N) is 4. The van der Waals surface area contributed by atoms with E-state index < -0.39 is 6.09 Å². The van der Waals surface area contributed by atoms with Crippen molar-refractivity contribution in [1.29, 1.82) is 0 Å². The summed E-state index contributed by atoms with van der Waals surface area (Å²) in [5.74, 6) is -0.671. The van der Waals surface area contributed by atoms with E-state index in [9.17, 15) is 19.8 Å². The normalized spacial score (nSPS) is 17.4. The molecule has 10 nitrogen and oxygen atoms in total. The second-order valence-electron chi connectivity index (χ2n) is 8.08. The highest BCUT2D eigenvalue weighted by molar-refractivity contribution is 5.94. The van der Waals surface area contributed by atoms with Crippen molar-refractivity contribution in [3.05, 3.63) is 47.0 Å². The number of hydrogen-bond acceptors (Lipinski definition) is 7. The first-order valence-corrected chi connectivity index (χ1v) is 10.7. The lowest BCUT2D eigenvalue weighted by atomic mass is 10.0. The van der Waals surface area contributed by atoms with Crippen molar-refractivity contribution in [2.75, 3.05) is 52.5 Å². The minimum absolute atomic E-state index is 0.0299. The molecular weight excluding hydrogens is 416 g/mol. The van der Waals surface area contributed by atoms with Gasteiger partial charge in [-0.05, 0) is 24.6 Å². The molecule has 0 atom stereocenters. The zero-order valence-corrected chi connectivity index (χ0v) is 18.1. The van der Waals surface area contributed by atoms with E-state index in [2.05, 4.69) is 11.0 Å². The molecule has 0 radical (unpaired) electrons. The van der Waals surface area contributed by atoms with Gasteiger partial charge >= 0.3 is 6.09 Å². The summed E-state index contributed by atoms with van der Waals surface area (Å²) in [5.41, 5.74) is 2.78. The average Bonchev–Trinajstić information content (AvgIpc) is 3.11. The summed E-state index contributed by atoms with van der Waals surface area (Å²) in [5, 5.41) is 19.2. The smallest absolute Gasteiger partial charge is 0.434 e. The van der Waals surface area contributed by atoms with Gasteiger partial charge in [-0.2, -0.15) is 0 Å². The van der Waals surface area contributed by atoms with Crippen LogP contribution < -0.4 is 4.84 Å². The number of aromatic hydroxyl groups is 2. The first-order valence-electron chi connectivity index (χ1n) is 10.7. The van der Waals surface area contributed by atoms with Gasteiger partial charge in [0.1, 0.15) is 0 Å². The Balaban J connectivity index is 1.33. The molecule has 0 unspecified atom stereocenters. The summed E-state index contributed by atoms with van der Waals surface area (Å²) >= 11 is 0. The van der Waals surface area contributed by atoms with Crippen molar-refractivity contribution in [2.24, 2.45) is 0 Å². The fourth-order valence-electron chi connectivity index (χ4n) is 4.00. The molecule has 32 heavy (non-hydrogen) atoms. The fraction of sp³-hybridized carbons (Fsp3) is 0.455. The zero-order valence-electron chi connectivity index (χ0n) is 18.1. The Morgan fingerprint density at radius 2 is 1.59 bits per heavy atom. The number of amides is 2. The number of benzene rings is 1. The number of morpholine rings is 1. The van der Waals surface area contributed by atoms with Crippen LogP contribution in [-0.2, 0) is 11.3 Å². The molecule has 0 aliphatic carbocycles. The molecule has 0 saturated carbocycles. The molecule has 0 spiro atoms. The first kappa shape index (κ1) is 22.0. The largest absolute Gasteiger partial charge is 0.492 e. The molecule has 1 aromatic carbocycles. The zero-order chi connectivity index (χ0) is 22.7. The number of rotatable bonds is 4. The van der Waals surface area contributed by atoms with Gasteiger partial charge in [-0.25, -0.2) is 4.79 Å². The van der Waals surface area contributed by atoms with E-state index in [4.69, 9.17) is 9.57 Å². The highest BCUT2D eigenvalue weighted by Gasteiger charge is 2.25. The minimum atomic E-state index is -0.639. The number of aryl methyl sites for hydroxylation is 1. The molecular formula is C22H28N4O6. The van der Waals surface area contributed by atoms with E-state index in [0.717, 1.165) is 11.1 Å². The summed E-state index contributed by atoms with van der Waals surface area (Å²) < 4.78 is 6.03. The Labute approximate surface area is 186 Å². The van der Waals surface area contributed by atoms with Gasteiger partial charge in [-0.1, -0.05) is 11.6 Å². The highest BCUT2D eigenvalue weighted by atomic mass is 16.7. The molecule has 1 aromatic heterocycles. The topological polar surface area (TPSA) is 108 Å². The monoisotopic (exact) mass is 444 g/mol. The lowest BCUT2D eigenvalue weighted by Crippen LogP contribution is -2.50. The fourth-order valence-corrected chi connectivity index (χ4v) is 4.00. The van der Waals surface area contributed by atoms with Gasteiger partial charge < -0.3 is 29.6 Å². The SMILES string of the molecule is Cc1cc(CN2CCN(C(=O)On3c(O)ccc3O)CC2)cc(C(=O)N2CCOCC2)c1. The molecule has 2 aliphatic rings. The second kappa shape index (κ2) is 9.49. The molecule has 4 rings (SSSR count). The van der Waals surface area contributed by atoms with Gasteiger partial charge in [0.15, 0.2) is 0 Å². The van der Waals surface area contributed by atoms with Crippen molar-refractivity contribution in [2.45, 2.75) is 13.5 Å². The molecule has 2 aliphatic heterocycles. The van der Waals surface area contributed by atoms with Gasteiger partial charge in [-0.15, -0.1) is 4.73 Å². The van der Waals surface area contributed by atoms with Crippen LogP contribution in [0.3, 0.4) is 0 Å². The van der Waals surface area contributed by atoms with Crippen LogP contribution in [0.15, 0.2) is 30.3 Å². The summed E-state index contributed by atoms with van der Waals surface area (Å²) in [6, 6.07) is 8.42. The van der Waals surface area contributed by atoms with Crippen LogP contribution in [-0.4, -0.2) is 94.1 Å². The lowest BCUT2D eigenvalue weighted by molar-refractivity contribution is 0.0302. The van der Waals surface area contributed by atoms with Crippen LogP contribution in [0.5, 0.6) is 11.8 Å². The van der Waals surface area contributed by atoms with E-state index in [-0.39, 0.29) is 17.7 Å². The van der Waals surface area contributed by atoms with Gasteiger partial charge in [0.2, 0.25) is 11.8 Å². The number of carbonyl (C=O) groups excluding carboxylic acids is 2. The third-order valence-electron chi connectivity index (χ3n) is 5.69. The summed E-state index contributed by atoms with van der Waals surface area (Å²) in [4.78, 5) is 35.8. The van der Waals surface area contributed by atoms with Crippen molar-refractivity contribution in [1.82, 2.24) is 19.4 Å². The Morgan fingerprint density at radius 1 is 0.938 bits per heavy atom. The number of ether oxygens (including phenoxy) is 1. The molecule has 2 aromatic rings. The third kappa shape index (κ3) is 4.97. The van der Waals surface area contributed by atoms with Crippen molar-refractivity contribution < 1.29 is 29.4 Å². The van der Waals surface area contributed by atoms with Crippen molar-refractivity contribution in [3.63, 3.8) is 0 Å². The number of hydrogen-bond donors (Lipinski definition) is 2. The predicted octanol–water partition coefficient (Wildman–Crippen LogP) is 1.05. The van der Waals surface area contributed by atoms with E-state index in [1.165, 1.54) is 17.0 Å². The maximum Gasteiger partial charge on any atom is 0.434 e. The quantitative estimate of drug-likeness (QED) is 0.726. The predicted molar refractivity (Wildman–Crippen MR) is 114 cm³/mol. The van der Waals surface area contributed by atoms with E-state index in [0.29, 0.717) is 69.3 Å². The molecule has 2 saturated heterocycles.